The molecular weight excluding hydrogens is 306 g/mol. The van der Waals surface area contributed by atoms with Crippen LogP contribution in [-0.4, -0.2) is 28.0 Å². The summed E-state index contributed by atoms with van der Waals surface area (Å²) in [6.07, 6.45) is 2.42. The van der Waals surface area contributed by atoms with Gasteiger partial charge in [-0.3, -0.25) is 4.90 Å². The number of imidazole rings is 1. The van der Waals surface area contributed by atoms with Crippen molar-refractivity contribution < 1.29 is 0 Å². The van der Waals surface area contributed by atoms with Gasteiger partial charge in [0.1, 0.15) is 5.82 Å². The Morgan fingerprint density at radius 2 is 1.96 bits per heavy atom. The third-order valence-corrected chi connectivity index (χ3v) is 4.87. The average molecular weight is 326 g/mol. The maximum Gasteiger partial charge on any atom is 0.111 e. The SMILES string of the molecule is Clc1ccc(CN2CCC[C@@H](c3nc4ccccc4[nH]3)C2)cc1. The van der Waals surface area contributed by atoms with Crippen LogP contribution in [0.2, 0.25) is 5.02 Å². The summed E-state index contributed by atoms with van der Waals surface area (Å²) in [7, 11) is 0. The summed E-state index contributed by atoms with van der Waals surface area (Å²) in [4.78, 5) is 10.8. The van der Waals surface area contributed by atoms with Crippen molar-refractivity contribution in [3.05, 3.63) is 64.9 Å². The van der Waals surface area contributed by atoms with E-state index in [1.807, 2.05) is 18.2 Å². The molecule has 23 heavy (non-hydrogen) atoms. The van der Waals surface area contributed by atoms with E-state index in [9.17, 15) is 0 Å². The van der Waals surface area contributed by atoms with Crippen molar-refractivity contribution >= 4 is 22.6 Å². The Labute approximate surface area is 141 Å². The molecule has 1 aromatic heterocycles. The zero-order valence-electron chi connectivity index (χ0n) is 13.0. The predicted octanol–water partition coefficient (Wildman–Crippen LogP) is 4.60. The van der Waals surface area contributed by atoms with Crippen LogP contribution in [0.3, 0.4) is 0 Å². The molecule has 0 radical (unpaired) electrons. The minimum Gasteiger partial charge on any atom is -0.342 e. The van der Waals surface area contributed by atoms with E-state index in [-0.39, 0.29) is 0 Å². The van der Waals surface area contributed by atoms with Crippen molar-refractivity contribution in [3.63, 3.8) is 0 Å². The van der Waals surface area contributed by atoms with Crippen LogP contribution in [0.15, 0.2) is 48.5 Å². The normalized spacial score (nSPS) is 19.3. The zero-order valence-corrected chi connectivity index (χ0v) is 13.8. The van der Waals surface area contributed by atoms with Crippen molar-refractivity contribution in [3.8, 4) is 0 Å². The Morgan fingerprint density at radius 3 is 2.78 bits per heavy atom. The van der Waals surface area contributed by atoms with Crippen LogP contribution in [-0.2, 0) is 6.54 Å². The summed E-state index contributed by atoms with van der Waals surface area (Å²) in [6.45, 7) is 3.19. The third kappa shape index (κ3) is 3.26. The first kappa shape index (κ1) is 14.7. The highest BCUT2D eigenvalue weighted by atomic mass is 35.5. The number of fused-ring (bicyclic) bond motifs is 1. The first-order valence-corrected chi connectivity index (χ1v) is 8.57. The smallest absolute Gasteiger partial charge is 0.111 e. The number of rotatable bonds is 3. The average Bonchev–Trinajstić information content (AvgIpc) is 3.01. The quantitative estimate of drug-likeness (QED) is 0.763. The van der Waals surface area contributed by atoms with E-state index in [0.717, 1.165) is 41.5 Å². The maximum atomic E-state index is 5.97. The van der Waals surface area contributed by atoms with Gasteiger partial charge in [-0.1, -0.05) is 35.9 Å². The molecule has 118 valence electrons. The van der Waals surface area contributed by atoms with E-state index < -0.39 is 0 Å². The summed E-state index contributed by atoms with van der Waals surface area (Å²) in [5.74, 6) is 1.62. The van der Waals surface area contributed by atoms with Crippen LogP contribution in [0.25, 0.3) is 11.0 Å². The predicted molar refractivity (Wildman–Crippen MR) is 94.8 cm³/mol. The lowest BCUT2D eigenvalue weighted by molar-refractivity contribution is 0.197. The molecule has 1 N–H and O–H groups in total. The van der Waals surface area contributed by atoms with E-state index in [4.69, 9.17) is 16.6 Å². The first-order valence-electron chi connectivity index (χ1n) is 8.19. The lowest BCUT2D eigenvalue weighted by atomic mass is 9.97. The Kier molecular flexibility index (Phi) is 4.06. The number of benzene rings is 2. The highest BCUT2D eigenvalue weighted by Crippen LogP contribution is 2.27. The summed E-state index contributed by atoms with van der Waals surface area (Å²) >= 11 is 5.97. The summed E-state index contributed by atoms with van der Waals surface area (Å²) < 4.78 is 0. The molecular formula is C19H20ClN3. The molecule has 2 aromatic carbocycles. The van der Waals surface area contributed by atoms with E-state index in [1.54, 1.807) is 0 Å². The van der Waals surface area contributed by atoms with Gasteiger partial charge in [-0.25, -0.2) is 4.98 Å². The minimum atomic E-state index is 0.489. The molecule has 1 saturated heterocycles. The Bertz CT molecular complexity index is 761. The van der Waals surface area contributed by atoms with Gasteiger partial charge in [-0.15, -0.1) is 0 Å². The van der Waals surface area contributed by atoms with Crippen molar-refractivity contribution in [1.29, 1.82) is 0 Å². The van der Waals surface area contributed by atoms with E-state index >= 15 is 0 Å². The molecule has 0 aliphatic carbocycles. The number of nitrogens with one attached hydrogen (secondary N) is 1. The second-order valence-electron chi connectivity index (χ2n) is 6.34. The second kappa shape index (κ2) is 6.34. The molecule has 3 nitrogen and oxygen atoms in total. The number of H-pyrrole nitrogens is 1. The Morgan fingerprint density at radius 1 is 1.13 bits per heavy atom. The molecule has 1 aliphatic rings. The number of likely N-dealkylation sites (tertiary alicyclic amines) is 1. The lowest BCUT2D eigenvalue weighted by Crippen LogP contribution is -2.34. The second-order valence-corrected chi connectivity index (χ2v) is 6.78. The minimum absolute atomic E-state index is 0.489. The fraction of sp³-hybridized carbons (Fsp3) is 0.316. The van der Waals surface area contributed by atoms with Gasteiger partial charge in [-0.2, -0.15) is 0 Å². The molecule has 0 bridgehead atoms. The van der Waals surface area contributed by atoms with Gasteiger partial charge in [0, 0.05) is 24.0 Å². The van der Waals surface area contributed by atoms with Gasteiger partial charge in [0.05, 0.1) is 11.0 Å². The lowest BCUT2D eigenvalue weighted by Gasteiger charge is -2.31. The summed E-state index contributed by atoms with van der Waals surface area (Å²) in [5.41, 5.74) is 3.52. The number of aromatic nitrogens is 2. The zero-order chi connectivity index (χ0) is 15.6. The van der Waals surface area contributed by atoms with E-state index in [1.165, 1.54) is 18.4 Å². The van der Waals surface area contributed by atoms with Gasteiger partial charge in [-0.05, 0) is 49.2 Å². The molecule has 1 atom stereocenters. The number of piperidine rings is 1. The van der Waals surface area contributed by atoms with E-state index in [0.29, 0.717) is 5.92 Å². The topological polar surface area (TPSA) is 31.9 Å². The van der Waals surface area contributed by atoms with Gasteiger partial charge >= 0.3 is 0 Å². The van der Waals surface area contributed by atoms with Crippen LogP contribution < -0.4 is 0 Å². The molecule has 1 aliphatic heterocycles. The van der Waals surface area contributed by atoms with Gasteiger partial charge in [0.25, 0.3) is 0 Å². The van der Waals surface area contributed by atoms with Crippen LogP contribution in [0.1, 0.15) is 30.1 Å². The highest BCUT2D eigenvalue weighted by molar-refractivity contribution is 6.30. The number of nitrogens with zero attached hydrogens (tertiary/aromatic N) is 2. The number of halogens is 1. The molecule has 0 spiro atoms. The number of hydrogen-bond acceptors (Lipinski definition) is 2. The molecule has 0 unspecified atom stereocenters. The molecule has 1 fully saturated rings. The molecule has 2 heterocycles. The molecule has 4 heteroatoms. The van der Waals surface area contributed by atoms with Crippen LogP contribution in [0.4, 0.5) is 0 Å². The highest BCUT2D eigenvalue weighted by Gasteiger charge is 2.23. The molecule has 0 amide bonds. The Balaban J connectivity index is 1.49. The van der Waals surface area contributed by atoms with Gasteiger partial charge in [0.2, 0.25) is 0 Å². The van der Waals surface area contributed by atoms with Gasteiger partial charge in [0.15, 0.2) is 0 Å². The fourth-order valence-electron chi connectivity index (χ4n) is 3.44. The van der Waals surface area contributed by atoms with Crippen molar-refractivity contribution in [2.75, 3.05) is 13.1 Å². The standard InChI is InChI=1S/C19H20ClN3/c20-16-9-7-14(8-10-16)12-23-11-3-4-15(13-23)19-21-17-5-1-2-6-18(17)22-19/h1-2,5-10,15H,3-4,11-13H2,(H,21,22)/t15-/m1/s1. The third-order valence-electron chi connectivity index (χ3n) is 4.62. The molecule has 4 rings (SSSR count). The summed E-state index contributed by atoms with van der Waals surface area (Å²) in [5, 5.41) is 0.799. The fourth-order valence-corrected chi connectivity index (χ4v) is 3.56. The van der Waals surface area contributed by atoms with Crippen LogP contribution in [0.5, 0.6) is 0 Å². The number of para-hydroxylation sites is 2. The van der Waals surface area contributed by atoms with Gasteiger partial charge < -0.3 is 4.98 Å². The molecule has 0 saturated carbocycles. The Hall–Kier alpha value is -1.84. The van der Waals surface area contributed by atoms with Crippen molar-refractivity contribution in [1.82, 2.24) is 14.9 Å². The monoisotopic (exact) mass is 325 g/mol. The first-order chi connectivity index (χ1) is 11.3. The number of hydrogen-bond donors (Lipinski definition) is 1. The van der Waals surface area contributed by atoms with Crippen molar-refractivity contribution in [2.24, 2.45) is 0 Å². The number of aromatic amines is 1. The maximum absolute atomic E-state index is 5.97. The van der Waals surface area contributed by atoms with Crippen LogP contribution in [0, 0.1) is 0 Å². The molecule has 3 aromatic rings. The van der Waals surface area contributed by atoms with Crippen molar-refractivity contribution in [2.45, 2.75) is 25.3 Å². The van der Waals surface area contributed by atoms with E-state index in [2.05, 4.69) is 40.2 Å². The largest absolute Gasteiger partial charge is 0.342 e. The summed E-state index contributed by atoms with van der Waals surface area (Å²) in [6, 6.07) is 16.4. The van der Waals surface area contributed by atoms with Crippen LogP contribution >= 0.6 is 11.6 Å².